The van der Waals surface area contributed by atoms with Crippen LogP contribution in [0.3, 0.4) is 0 Å². The third-order valence-corrected chi connectivity index (χ3v) is 18.2. The Hall–Kier alpha value is -8.02. The van der Waals surface area contributed by atoms with E-state index in [1.165, 1.54) is 150 Å². The molecule has 320 valence electrons. The molecule has 0 N–H and O–H groups in total. The predicted molar refractivity (Wildman–Crippen MR) is 295 cm³/mol. The van der Waals surface area contributed by atoms with Crippen LogP contribution < -0.4 is 0 Å². The SMILES string of the molecule is CC1(C)c2cc(-c3ccccc3)cc3c2-c2c1ccc1ccc4oc5cccc-3c5c4c21.c1cc2c3c(c1)oc1ccc4ccc5sc6ccc(-c7ccc8sc9ccccc9c8c7)c-2c6c5c4c13. The van der Waals surface area contributed by atoms with Crippen molar-refractivity contribution in [1.29, 1.82) is 0 Å². The Bertz CT molecular complexity index is 4850. The van der Waals surface area contributed by atoms with Crippen molar-refractivity contribution < 1.29 is 8.83 Å². The van der Waals surface area contributed by atoms with E-state index in [-0.39, 0.29) is 5.41 Å². The predicted octanol–water partition coefficient (Wildman–Crippen LogP) is 19.8. The number of hydrogen-bond acceptors (Lipinski definition) is 4. The maximum atomic E-state index is 6.44. The second-order valence-electron chi connectivity index (χ2n) is 19.8. The summed E-state index contributed by atoms with van der Waals surface area (Å²) in [5.74, 6) is 0. The van der Waals surface area contributed by atoms with Gasteiger partial charge in [-0.2, -0.15) is 0 Å². The minimum absolute atomic E-state index is 0.0598. The molecule has 0 fully saturated rings. The molecule has 0 amide bonds. The molecule has 4 aromatic heterocycles. The Kier molecular flexibility index (Phi) is 6.83. The van der Waals surface area contributed by atoms with E-state index in [1.54, 1.807) is 0 Å². The minimum atomic E-state index is -0.0598. The molecule has 11 aromatic carbocycles. The lowest BCUT2D eigenvalue weighted by Gasteiger charge is -2.23. The van der Waals surface area contributed by atoms with Gasteiger partial charge in [-0.15, -0.1) is 22.7 Å². The molecule has 0 bridgehead atoms. The maximum Gasteiger partial charge on any atom is 0.136 e. The van der Waals surface area contributed by atoms with Crippen LogP contribution in [-0.4, -0.2) is 0 Å². The molecule has 0 spiro atoms. The van der Waals surface area contributed by atoms with E-state index in [2.05, 4.69) is 196 Å². The molecule has 18 rings (SSSR count). The minimum Gasteiger partial charge on any atom is -0.456 e. The molecule has 0 saturated carbocycles. The summed E-state index contributed by atoms with van der Waals surface area (Å²) in [4.78, 5) is 0. The fourth-order valence-corrected chi connectivity index (χ4v) is 15.2. The highest BCUT2D eigenvalue weighted by molar-refractivity contribution is 7.26. The van der Waals surface area contributed by atoms with Crippen LogP contribution in [0.25, 0.3) is 161 Å². The first-order chi connectivity index (χ1) is 34.0. The Morgan fingerprint density at radius 3 is 1.80 bits per heavy atom. The number of hydrogen-bond donors (Lipinski definition) is 0. The fraction of sp³-hybridized carbons (Fsp3) is 0.0462. The van der Waals surface area contributed by atoms with Crippen molar-refractivity contribution in [3.8, 4) is 55.6 Å². The van der Waals surface area contributed by atoms with E-state index in [0.717, 1.165) is 22.3 Å². The quantitative estimate of drug-likeness (QED) is 0.173. The normalized spacial score (nSPS) is 13.8. The monoisotopic (exact) mass is 912 g/mol. The van der Waals surface area contributed by atoms with Gasteiger partial charge in [-0.1, -0.05) is 129 Å². The standard InChI is InChI=1S/C34H16OS2.C31H20O/c1-2-7-25-20(4-1)22-16-18(10-13-26(22)36-25)19-11-15-28-34-30(19)21-5-3-6-23-31(21)32-24(35-23)12-8-17-9-14-27(37-28)33(34)29(17)32;1-31(2)22-13-11-18-12-14-25-30-26(18)29(22)27-21(20-9-6-10-24(32-25)28(20)30)15-19(16-23(27)31)17-7-4-3-5-8-17/h1-16H;3-16H,1-2H3. The first kappa shape index (κ1) is 37.0. The second-order valence-corrected chi connectivity index (χ2v) is 21.9. The first-order valence-corrected chi connectivity index (χ1v) is 25.4. The number of benzene rings is 11. The van der Waals surface area contributed by atoms with Gasteiger partial charge in [0, 0.05) is 78.1 Å². The van der Waals surface area contributed by atoms with Gasteiger partial charge in [-0.3, -0.25) is 0 Å². The van der Waals surface area contributed by atoms with Crippen LogP contribution in [0, 0.1) is 0 Å². The molecule has 15 aromatic rings. The largest absolute Gasteiger partial charge is 0.456 e. The summed E-state index contributed by atoms with van der Waals surface area (Å²) in [5.41, 5.74) is 19.8. The van der Waals surface area contributed by atoms with Crippen LogP contribution >= 0.6 is 22.7 Å². The lowest BCUT2D eigenvalue weighted by Crippen LogP contribution is -2.15. The molecule has 69 heavy (non-hydrogen) atoms. The van der Waals surface area contributed by atoms with E-state index in [9.17, 15) is 0 Å². The van der Waals surface area contributed by atoms with Gasteiger partial charge in [0.05, 0.1) is 0 Å². The summed E-state index contributed by atoms with van der Waals surface area (Å²) in [6.07, 6.45) is 0. The van der Waals surface area contributed by atoms with Crippen molar-refractivity contribution >= 4 is 128 Å². The highest BCUT2D eigenvalue weighted by Crippen LogP contribution is 2.60. The van der Waals surface area contributed by atoms with Gasteiger partial charge in [0.2, 0.25) is 0 Å². The molecule has 0 saturated heterocycles. The summed E-state index contributed by atoms with van der Waals surface area (Å²) in [6, 6.07) is 67.0. The fourth-order valence-electron chi connectivity index (χ4n) is 13.0. The molecular formula is C65H36O2S2. The lowest BCUT2D eigenvalue weighted by molar-refractivity contribution is 0.661. The Morgan fingerprint density at radius 2 is 0.957 bits per heavy atom. The third kappa shape index (κ3) is 4.62. The average Bonchev–Trinajstić information content (AvgIpc) is 4.17. The van der Waals surface area contributed by atoms with Gasteiger partial charge in [-0.25, -0.2) is 0 Å². The highest BCUT2D eigenvalue weighted by Gasteiger charge is 2.41. The van der Waals surface area contributed by atoms with Gasteiger partial charge in [-0.05, 0) is 144 Å². The number of thiophene rings is 2. The lowest BCUT2D eigenvalue weighted by atomic mass is 9.80. The Labute approximate surface area is 402 Å². The molecule has 4 heterocycles. The number of furan rings is 2. The van der Waals surface area contributed by atoms with E-state index in [4.69, 9.17) is 8.83 Å². The van der Waals surface area contributed by atoms with Crippen molar-refractivity contribution in [1.82, 2.24) is 0 Å². The molecular weight excluding hydrogens is 877 g/mol. The number of fused-ring (bicyclic) bond motifs is 5. The van der Waals surface area contributed by atoms with Crippen LogP contribution in [0.15, 0.2) is 191 Å². The molecule has 2 nitrogen and oxygen atoms in total. The van der Waals surface area contributed by atoms with E-state index < -0.39 is 0 Å². The van der Waals surface area contributed by atoms with Gasteiger partial charge >= 0.3 is 0 Å². The summed E-state index contributed by atoms with van der Waals surface area (Å²) >= 11 is 3.78. The zero-order chi connectivity index (χ0) is 45.0. The van der Waals surface area contributed by atoms with Gasteiger partial charge < -0.3 is 8.83 Å². The van der Waals surface area contributed by atoms with Crippen molar-refractivity contribution in [3.05, 3.63) is 193 Å². The van der Waals surface area contributed by atoms with Crippen molar-refractivity contribution in [3.63, 3.8) is 0 Å². The van der Waals surface area contributed by atoms with Gasteiger partial charge in [0.25, 0.3) is 0 Å². The molecule has 3 aliphatic carbocycles. The summed E-state index contributed by atoms with van der Waals surface area (Å²) < 4.78 is 18.2. The van der Waals surface area contributed by atoms with Crippen molar-refractivity contribution in [2.75, 3.05) is 0 Å². The van der Waals surface area contributed by atoms with Crippen LogP contribution in [-0.2, 0) is 5.41 Å². The van der Waals surface area contributed by atoms with Crippen LogP contribution in [0.4, 0.5) is 0 Å². The molecule has 0 atom stereocenters. The topological polar surface area (TPSA) is 26.3 Å². The van der Waals surface area contributed by atoms with E-state index in [0.29, 0.717) is 0 Å². The van der Waals surface area contributed by atoms with Crippen molar-refractivity contribution in [2.45, 2.75) is 19.3 Å². The maximum absolute atomic E-state index is 6.44. The van der Waals surface area contributed by atoms with Crippen LogP contribution in [0.1, 0.15) is 25.0 Å². The summed E-state index contributed by atoms with van der Waals surface area (Å²) in [7, 11) is 0. The summed E-state index contributed by atoms with van der Waals surface area (Å²) in [6.45, 7) is 4.75. The Morgan fingerprint density at radius 1 is 0.319 bits per heavy atom. The zero-order valence-electron chi connectivity index (χ0n) is 37.5. The smallest absolute Gasteiger partial charge is 0.136 e. The highest BCUT2D eigenvalue weighted by atomic mass is 32.1. The third-order valence-electron chi connectivity index (χ3n) is 16.0. The second kappa shape index (κ2) is 12.7. The van der Waals surface area contributed by atoms with E-state index >= 15 is 0 Å². The van der Waals surface area contributed by atoms with Crippen molar-refractivity contribution in [2.24, 2.45) is 0 Å². The molecule has 0 unspecified atom stereocenters. The molecule has 3 aliphatic rings. The molecule has 4 heteroatoms. The molecule has 0 aliphatic heterocycles. The zero-order valence-corrected chi connectivity index (χ0v) is 39.1. The van der Waals surface area contributed by atoms with E-state index in [1.807, 2.05) is 22.7 Å². The number of rotatable bonds is 2. The van der Waals surface area contributed by atoms with Gasteiger partial charge in [0.15, 0.2) is 0 Å². The van der Waals surface area contributed by atoms with Crippen LogP contribution in [0.2, 0.25) is 0 Å². The summed E-state index contributed by atoms with van der Waals surface area (Å²) in [5, 5.41) is 15.7. The van der Waals surface area contributed by atoms with Crippen LogP contribution in [0.5, 0.6) is 0 Å². The average molecular weight is 913 g/mol. The Balaban J connectivity index is 0.000000118. The first-order valence-electron chi connectivity index (χ1n) is 23.8. The van der Waals surface area contributed by atoms with Gasteiger partial charge in [0.1, 0.15) is 22.3 Å². The molecule has 0 radical (unpaired) electrons.